The number of phenolic OH excluding ortho intramolecular Hbond substituents is 1. The number of benzene rings is 2. The molecule has 3 N–H and O–H groups in total. The van der Waals surface area contributed by atoms with E-state index in [1.165, 1.54) is 0 Å². The van der Waals surface area contributed by atoms with Crippen molar-refractivity contribution in [1.29, 1.82) is 0 Å². The van der Waals surface area contributed by atoms with Gasteiger partial charge in [0.15, 0.2) is 17.6 Å². The summed E-state index contributed by atoms with van der Waals surface area (Å²) in [5.74, 6) is -4.23. The number of likely N-dealkylation sites (tertiary alicyclic amines) is 1. The van der Waals surface area contributed by atoms with Crippen molar-refractivity contribution in [2.45, 2.75) is 68.0 Å². The molecule has 43 heavy (non-hydrogen) atoms. The minimum Gasteiger partial charge on any atom is -0.504 e. The number of carbonyl (C=O) groups excluding carboxylic acids is 3. The molecule has 1 saturated heterocycles. The van der Waals surface area contributed by atoms with Gasteiger partial charge in [-0.25, -0.2) is 9.59 Å². The van der Waals surface area contributed by atoms with Crippen molar-refractivity contribution in [3.05, 3.63) is 71.0 Å². The zero-order valence-corrected chi connectivity index (χ0v) is 23.5. The number of aromatic hydroxyl groups is 1. The van der Waals surface area contributed by atoms with Crippen LogP contribution in [0.1, 0.15) is 49.0 Å². The number of aliphatic carboxylic acids is 1. The predicted molar refractivity (Wildman–Crippen MR) is 146 cm³/mol. The van der Waals surface area contributed by atoms with Gasteiger partial charge in [-0.15, -0.1) is 0 Å². The second kappa shape index (κ2) is 10.4. The number of aliphatic hydroxyl groups is 1. The number of carboxylic acid groups (broad SMARTS) is 1. The lowest BCUT2D eigenvalue weighted by molar-refractivity contribution is -0.178. The van der Waals surface area contributed by atoms with Gasteiger partial charge in [-0.1, -0.05) is 36.4 Å². The molecule has 2 heterocycles. The Hall–Kier alpha value is -4.42. The predicted octanol–water partition coefficient (Wildman–Crippen LogP) is 1.90. The van der Waals surface area contributed by atoms with Crippen LogP contribution in [-0.2, 0) is 45.2 Å². The number of phenols is 1. The minimum atomic E-state index is -1.80. The fourth-order valence-electron chi connectivity index (χ4n) is 7.20. The van der Waals surface area contributed by atoms with Crippen LogP contribution in [0.15, 0.2) is 54.3 Å². The average molecular weight is 594 g/mol. The van der Waals surface area contributed by atoms with Crippen LogP contribution in [0.3, 0.4) is 0 Å². The fraction of sp³-hybridized carbons (Fsp3) is 0.419. The summed E-state index contributed by atoms with van der Waals surface area (Å²) < 4.78 is 22.3. The lowest BCUT2D eigenvalue weighted by Crippen LogP contribution is -2.74. The van der Waals surface area contributed by atoms with E-state index in [9.17, 15) is 34.5 Å². The number of likely N-dealkylation sites (N-methyl/N-ethyl adjacent to an activating group) is 1. The van der Waals surface area contributed by atoms with Crippen molar-refractivity contribution in [3.8, 4) is 11.5 Å². The van der Waals surface area contributed by atoms with E-state index in [2.05, 4.69) is 4.90 Å². The van der Waals surface area contributed by atoms with Crippen LogP contribution in [0.4, 0.5) is 0 Å². The SMILES string of the molecule is CC(=O)O[C@@H](CC(=O)O[C@H](C(=O)OC1=CC[C@]2(O)[C@@H]3Cc4ccc(O)c5c4[C@]2(CCN3C)[C@@H]1O5)c1ccccc1)C(=O)O. The highest BCUT2D eigenvalue weighted by molar-refractivity contribution is 5.85. The number of nitrogens with zero attached hydrogens (tertiary/aromatic N) is 1. The van der Waals surface area contributed by atoms with Gasteiger partial charge in [0.1, 0.15) is 5.76 Å². The summed E-state index contributed by atoms with van der Waals surface area (Å²) >= 11 is 0. The van der Waals surface area contributed by atoms with E-state index >= 15 is 0 Å². The quantitative estimate of drug-likeness (QED) is 0.301. The summed E-state index contributed by atoms with van der Waals surface area (Å²) in [6.45, 7) is 1.65. The Morgan fingerprint density at radius 1 is 1.12 bits per heavy atom. The topological polar surface area (TPSA) is 169 Å². The van der Waals surface area contributed by atoms with E-state index in [1.54, 1.807) is 42.5 Å². The summed E-state index contributed by atoms with van der Waals surface area (Å²) in [6, 6.07) is 11.2. The molecule has 12 nitrogen and oxygen atoms in total. The summed E-state index contributed by atoms with van der Waals surface area (Å²) in [5, 5.41) is 32.4. The number of esters is 3. The molecule has 0 unspecified atom stereocenters. The standard InChI is InChI=1S/C31H31NO11/c1-16(33)40-21(28(36)37)15-23(35)42-25(17-6-4-3-5-7-17)29(38)41-20-10-11-31(39)22-14-18-8-9-19(34)26-24(18)30(31,27(20)43-26)12-13-32(22)2/h3-10,21-22,25,27,34,39H,11-15H2,1-2H3,(H,36,37)/t21-,22-,25-,27+,30+,31-/m0/s1. The van der Waals surface area contributed by atoms with Gasteiger partial charge >= 0.3 is 23.9 Å². The smallest absolute Gasteiger partial charge is 0.357 e. The van der Waals surface area contributed by atoms with Crippen molar-refractivity contribution >= 4 is 23.9 Å². The van der Waals surface area contributed by atoms with Crippen LogP contribution in [-0.4, -0.2) is 81.5 Å². The first kappa shape index (κ1) is 28.7. The molecule has 0 aromatic heterocycles. The van der Waals surface area contributed by atoms with Crippen LogP contribution in [0.2, 0.25) is 0 Å². The maximum Gasteiger partial charge on any atom is 0.357 e. The van der Waals surface area contributed by atoms with Crippen LogP contribution in [0.5, 0.6) is 11.5 Å². The number of piperidine rings is 1. The molecule has 6 rings (SSSR count). The molecule has 1 fully saturated rings. The average Bonchev–Trinajstić information content (AvgIpc) is 3.32. The minimum absolute atomic E-state index is 0.0789. The number of hydrogen-bond acceptors (Lipinski definition) is 11. The van der Waals surface area contributed by atoms with Gasteiger partial charge in [-0.2, -0.15) is 0 Å². The van der Waals surface area contributed by atoms with Gasteiger partial charge < -0.3 is 39.2 Å². The van der Waals surface area contributed by atoms with Crippen LogP contribution < -0.4 is 4.74 Å². The molecular weight excluding hydrogens is 562 g/mol. The third-order valence-electron chi connectivity index (χ3n) is 9.07. The molecule has 2 aromatic rings. The third kappa shape index (κ3) is 4.43. The maximum absolute atomic E-state index is 13.7. The van der Waals surface area contributed by atoms with Crippen molar-refractivity contribution in [3.63, 3.8) is 0 Å². The Labute approximate surface area is 246 Å². The van der Waals surface area contributed by atoms with E-state index in [-0.39, 0.29) is 35.3 Å². The highest BCUT2D eigenvalue weighted by Gasteiger charge is 2.72. The molecule has 2 aliphatic carbocycles. The van der Waals surface area contributed by atoms with Gasteiger partial charge in [0, 0.05) is 30.5 Å². The number of carbonyl (C=O) groups is 4. The van der Waals surface area contributed by atoms with Gasteiger partial charge in [0.05, 0.1) is 17.4 Å². The summed E-state index contributed by atoms with van der Waals surface area (Å²) in [6.07, 6.45) is -2.38. The van der Waals surface area contributed by atoms with E-state index in [1.807, 2.05) is 13.1 Å². The van der Waals surface area contributed by atoms with Crippen molar-refractivity contribution in [1.82, 2.24) is 4.90 Å². The summed E-state index contributed by atoms with van der Waals surface area (Å²) in [7, 11) is 1.96. The second-order valence-electron chi connectivity index (χ2n) is 11.4. The number of ether oxygens (including phenoxy) is 4. The van der Waals surface area contributed by atoms with Crippen molar-refractivity contribution in [2.24, 2.45) is 0 Å². The van der Waals surface area contributed by atoms with Crippen LogP contribution >= 0.6 is 0 Å². The van der Waals surface area contributed by atoms with E-state index in [0.717, 1.165) is 18.1 Å². The van der Waals surface area contributed by atoms with Gasteiger partial charge in [-0.05, 0) is 44.1 Å². The second-order valence-corrected chi connectivity index (χ2v) is 11.4. The number of carboxylic acids is 1. The molecule has 0 amide bonds. The molecule has 1 spiro atoms. The van der Waals surface area contributed by atoms with Gasteiger partial charge in [0.2, 0.25) is 12.2 Å². The molecule has 4 aliphatic rings. The first-order valence-corrected chi connectivity index (χ1v) is 14.0. The highest BCUT2D eigenvalue weighted by atomic mass is 16.6. The fourth-order valence-corrected chi connectivity index (χ4v) is 7.20. The van der Waals surface area contributed by atoms with Crippen LogP contribution in [0.25, 0.3) is 0 Å². The molecule has 12 heteroatoms. The number of hydrogen-bond donors (Lipinski definition) is 3. The van der Waals surface area contributed by atoms with E-state index in [0.29, 0.717) is 19.4 Å². The van der Waals surface area contributed by atoms with Gasteiger partial charge in [0.25, 0.3) is 0 Å². The Balaban J connectivity index is 1.31. The molecule has 2 bridgehead atoms. The zero-order chi connectivity index (χ0) is 30.7. The van der Waals surface area contributed by atoms with E-state index in [4.69, 9.17) is 18.9 Å². The number of rotatable bonds is 8. The van der Waals surface area contributed by atoms with Crippen molar-refractivity contribution < 1.29 is 53.4 Å². The lowest BCUT2D eigenvalue weighted by Gasteiger charge is -2.61. The zero-order valence-electron chi connectivity index (χ0n) is 23.5. The largest absolute Gasteiger partial charge is 0.504 e. The Morgan fingerprint density at radius 3 is 2.56 bits per heavy atom. The summed E-state index contributed by atoms with van der Waals surface area (Å²) in [4.78, 5) is 51.4. The Morgan fingerprint density at radius 2 is 1.86 bits per heavy atom. The van der Waals surface area contributed by atoms with Crippen molar-refractivity contribution in [2.75, 3.05) is 13.6 Å². The van der Waals surface area contributed by atoms with Gasteiger partial charge in [-0.3, -0.25) is 9.59 Å². The maximum atomic E-state index is 13.7. The highest BCUT2D eigenvalue weighted by Crippen LogP contribution is 2.65. The summed E-state index contributed by atoms with van der Waals surface area (Å²) in [5.41, 5.74) is -0.323. The lowest BCUT2D eigenvalue weighted by atomic mass is 9.50. The molecule has 0 saturated carbocycles. The first-order valence-electron chi connectivity index (χ1n) is 14.0. The molecular formula is C31H31NO11. The Kier molecular flexibility index (Phi) is 6.93. The Bertz CT molecular complexity index is 1540. The molecule has 0 radical (unpaired) electrons. The van der Waals surface area contributed by atoms with E-state index < -0.39 is 59.6 Å². The third-order valence-corrected chi connectivity index (χ3v) is 9.07. The molecule has 2 aromatic carbocycles. The first-order chi connectivity index (χ1) is 20.5. The monoisotopic (exact) mass is 593 g/mol. The van der Waals surface area contributed by atoms with Crippen LogP contribution in [0, 0.1) is 0 Å². The molecule has 226 valence electrons. The normalized spacial score (nSPS) is 27.9. The molecule has 2 aliphatic heterocycles. The molecule has 6 atom stereocenters.